The lowest BCUT2D eigenvalue weighted by Gasteiger charge is -2.11. The van der Waals surface area contributed by atoms with E-state index in [9.17, 15) is 4.79 Å². The Hall–Kier alpha value is -1.40. The lowest BCUT2D eigenvalue weighted by molar-refractivity contribution is 0.0995. The van der Waals surface area contributed by atoms with Gasteiger partial charge in [-0.3, -0.25) is 4.79 Å². The van der Waals surface area contributed by atoms with Gasteiger partial charge in [-0.05, 0) is 18.0 Å². The van der Waals surface area contributed by atoms with Gasteiger partial charge < -0.3 is 15.8 Å². The highest BCUT2D eigenvalue weighted by Crippen LogP contribution is 2.14. The molecule has 1 amide bonds. The number of nitrogens with zero attached hydrogens (tertiary/aromatic N) is 2. The molecule has 1 atom stereocenters. The third kappa shape index (κ3) is 2.59. The van der Waals surface area contributed by atoms with Crippen molar-refractivity contribution in [3.05, 3.63) is 17.0 Å². The van der Waals surface area contributed by atoms with Gasteiger partial charge in [0.15, 0.2) is 0 Å². The maximum absolute atomic E-state index is 11.0. The van der Waals surface area contributed by atoms with Gasteiger partial charge in [-0.2, -0.15) is 0 Å². The fraction of sp³-hybridized carbons (Fsp3) is 0.444. The Morgan fingerprint density at radius 2 is 2.44 bits per heavy atom. The van der Waals surface area contributed by atoms with Crippen LogP contribution in [0.3, 0.4) is 0 Å². The lowest BCUT2D eigenvalue weighted by atomic mass is 10.2. The summed E-state index contributed by atoms with van der Waals surface area (Å²) in [5.41, 5.74) is 5.22. The van der Waals surface area contributed by atoms with Crippen molar-refractivity contribution in [2.24, 2.45) is 5.73 Å². The van der Waals surface area contributed by atoms with E-state index in [2.05, 4.69) is 15.3 Å². The Labute approximate surface area is 97.2 Å². The second kappa shape index (κ2) is 4.63. The smallest absolute Gasteiger partial charge is 0.267 e. The van der Waals surface area contributed by atoms with Crippen molar-refractivity contribution in [2.75, 3.05) is 18.5 Å². The second-order valence-corrected chi connectivity index (χ2v) is 3.81. The second-order valence-electron chi connectivity index (χ2n) is 3.48. The number of carbonyl (C=O) groups excluding carboxylic acids is 1. The maximum Gasteiger partial charge on any atom is 0.267 e. The molecule has 1 saturated heterocycles. The van der Waals surface area contributed by atoms with Crippen LogP contribution in [0.15, 0.2) is 6.07 Å². The van der Waals surface area contributed by atoms with E-state index in [-0.39, 0.29) is 17.0 Å². The summed E-state index contributed by atoms with van der Waals surface area (Å²) in [5, 5.41) is 3.11. The molecule has 3 N–H and O–H groups in total. The quantitative estimate of drug-likeness (QED) is 0.751. The zero-order valence-electron chi connectivity index (χ0n) is 8.44. The van der Waals surface area contributed by atoms with Crippen molar-refractivity contribution >= 4 is 23.3 Å². The number of hydrogen-bond acceptors (Lipinski definition) is 5. The molecule has 0 radical (unpaired) electrons. The van der Waals surface area contributed by atoms with Crippen LogP contribution in [0.4, 0.5) is 5.82 Å². The number of hydrogen-bond donors (Lipinski definition) is 2. The molecule has 86 valence electrons. The molecule has 0 unspecified atom stereocenters. The van der Waals surface area contributed by atoms with Crippen LogP contribution in [0.25, 0.3) is 0 Å². The zero-order valence-corrected chi connectivity index (χ0v) is 9.20. The molecule has 0 aliphatic carbocycles. The van der Waals surface area contributed by atoms with Gasteiger partial charge >= 0.3 is 0 Å². The first-order chi connectivity index (χ1) is 7.65. The van der Waals surface area contributed by atoms with Gasteiger partial charge in [0.25, 0.3) is 5.91 Å². The summed E-state index contributed by atoms with van der Waals surface area (Å²) < 4.78 is 5.21. The van der Waals surface area contributed by atoms with E-state index in [0.717, 1.165) is 13.0 Å². The molecular formula is C9H11ClN4O2. The third-order valence-corrected chi connectivity index (χ3v) is 2.40. The third-order valence-electron chi connectivity index (χ3n) is 2.23. The highest BCUT2D eigenvalue weighted by molar-refractivity contribution is 6.28. The van der Waals surface area contributed by atoms with Crippen LogP contribution in [0.1, 0.15) is 16.9 Å². The highest BCUT2D eigenvalue weighted by Gasteiger charge is 2.17. The number of amides is 1. The first-order valence-electron chi connectivity index (χ1n) is 4.84. The van der Waals surface area contributed by atoms with Gasteiger partial charge in [0.1, 0.15) is 11.5 Å². The predicted octanol–water partition coefficient (Wildman–Crippen LogP) is 0.430. The molecular weight excluding hydrogens is 232 g/mol. The van der Waals surface area contributed by atoms with Crippen LogP contribution >= 0.6 is 11.6 Å². The highest BCUT2D eigenvalue weighted by atomic mass is 35.5. The molecule has 1 aliphatic heterocycles. The Kier molecular flexibility index (Phi) is 3.21. The summed E-state index contributed by atoms with van der Waals surface area (Å²) in [7, 11) is 0. The van der Waals surface area contributed by atoms with Gasteiger partial charge in [-0.1, -0.05) is 0 Å². The summed E-state index contributed by atoms with van der Waals surface area (Å²) in [4.78, 5) is 18.6. The average molecular weight is 243 g/mol. The molecule has 0 aromatic carbocycles. The molecule has 2 heterocycles. The lowest BCUT2D eigenvalue weighted by Crippen LogP contribution is -2.21. The molecule has 6 nitrogen and oxygen atoms in total. The van der Waals surface area contributed by atoms with E-state index in [4.69, 9.17) is 22.1 Å². The topological polar surface area (TPSA) is 90.1 Å². The first kappa shape index (κ1) is 11.1. The minimum absolute atomic E-state index is 0.00212. The normalized spacial score (nSPS) is 19.7. The van der Waals surface area contributed by atoms with Crippen molar-refractivity contribution in [1.29, 1.82) is 0 Å². The number of nitrogens with two attached hydrogens (primary N) is 1. The van der Waals surface area contributed by atoms with E-state index in [0.29, 0.717) is 12.4 Å². The Morgan fingerprint density at radius 1 is 1.62 bits per heavy atom. The first-order valence-corrected chi connectivity index (χ1v) is 5.21. The monoisotopic (exact) mass is 242 g/mol. The molecule has 7 heteroatoms. The molecule has 1 aromatic heterocycles. The molecule has 1 fully saturated rings. The molecule has 2 rings (SSSR count). The van der Waals surface area contributed by atoms with E-state index in [1.165, 1.54) is 6.07 Å². The number of aromatic nitrogens is 2. The van der Waals surface area contributed by atoms with E-state index >= 15 is 0 Å². The Morgan fingerprint density at radius 3 is 3.06 bits per heavy atom. The molecule has 0 bridgehead atoms. The minimum atomic E-state index is -0.630. The summed E-state index contributed by atoms with van der Waals surface area (Å²) in [5.74, 6) is -0.140. The molecule has 16 heavy (non-hydrogen) atoms. The van der Waals surface area contributed by atoms with Crippen molar-refractivity contribution < 1.29 is 9.53 Å². The number of primary amides is 1. The molecule has 1 aliphatic rings. The van der Waals surface area contributed by atoms with Crippen LogP contribution in [0.5, 0.6) is 0 Å². The van der Waals surface area contributed by atoms with Crippen molar-refractivity contribution in [3.63, 3.8) is 0 Å². The van der Waals surface area contributed by atoms with Gasteiger partial charge in [-0.25, -0.2) is 9.97 Å². The standard InChI is InChI=1S/C9H11ClN4O2/c10-9-13-6(8(11)15)3-7(14-9)12-5-1-2-16-4-5/h3,5H,1-2,4H2,(H2,11,15)(H,12,13,14)/t5-/m0/s1. The number of anilines is 1. The fourth-order valence-corrected chi connectivity index (χ4v) is 1.66. The van der Waals surface area contributed by atoms with Crippen LogP contribution in [0, 0.1) is 0 Å². The largest absolute Gasteiger partial charge is 0.379 e. The number of rotatable bonds is 3. The van der Waals surface area contributed by atoms with Gasteiger partial charge in [0, 0.05) is 12.7 Å². The number of carbonyl (C=O) groups is 1. The Balaban J connectivity index is 2.16. The van der Waals surface area contributed by atoms with Crippen LogP contribution in [-0.4, -0.2) is 35.1 Å². The average Bonchev–Trinajstić information content (AvgIpc) is 2.69. The van der Waals surface area contributed by atoms with Gasteiger partial charge in [0.2, 0.25) is 5.28 Å². The molecule has 0 saturated carbocycles. The number of ether oxygens (including phenoxy) is 1. The van der Waals surface area contributed by atoms with E-state index in [1.54, 1.807) is 0 Å². The number of nitrogens with one attached hydrogen (secondary N) is 1. The zero-order chi connectivity index (χ0) is 11.5. The van der Waals surface area contributed by atoms with Crippen molar-refractivity contribution in [2.45, 2.75) is 12.5 Å². The van der Waals surface area contributed by atoms with Gasteiger partial charge in [0.05, 0.1) is 12.6 Å². The van der Waals surface area contributed by atoms with Crippen LogP contribution in [0.2, 0.25) is 5.28 Å². The van der Waals surface area contributed by atoms with E-state index in [1.807, 2.05) is 0 Å². The SMILES string of the molecule is NC(=O)c1cc(N[C@H]2CCOC2)nc(Cl)n1. The summed E-state index contributed by atoms with van der Waals surface area (Å²) in [6, 6.07) is 1.67. The van der Waals surface area contributed by atoms with Crippen LogP contribution < -0.4 is 11.1 Å². The molecule has 1 aromatic rings. The molecule has 0 spiro atoms. The minimum Gasteiger partial charge on any atom is -0.379 e. The fourth-order valence-electron chi connectivity index (χ4n) is 1.48. The predicted molar refractivity (Wildman–Crippen MR) is 58.4 cm³/mol. The van der Waals surface area contributed by atoms with Crippen molar-refractivity contribution in [1.82, 2.24) is 9.97 Å². The number of halogens is 1. The Bertz CT molecular complexity index is 406. The summed E-state index contributed by atoms with van der Waals surface area (Å²) >= 11 is 5.68. The van der Waals surface area contributed by atoms with E-state index < -0.39 is 5.91 Å². The maximum atomic E-state index is 11.0. The summed E-state index contributed by atoms with van der Waals surface area (Å²) in [6.07, 6.45) is 0.896. The van der Waals surface area contributed by atoms with Crippen molar-refractivity contribution in [3.8, 4) is 0 Å². The summed E-state index contributed by atoms with van der Waals surface area (Å²) in [6.45, 7) is 1.34. The van der Waals surface area contributed by atoms with Gasteiger partial charge in [-0.15, -0.1) is 0 Å². The van der Waals surface area contributed by atoms with Crippen LogP contribution in [-0.2, 0) is 4.74 Å².